The van der Waals surface area contributed by atoms with Gasteiger partial charge in [-0.15, -0.1) is 0 Å². The molecule has 1 aromatic heterocycles. The van der Waals surface area contributed by atoms with Crippen LogP contribution in [0.2, 0.25) is 0 Å². The lowest BCUT2D eigenvalue weighted by Crippen LogP contribution is -2.17. The molecule has 3 heteroatoms. The molecule has 2 heterocycles. The fourth-order valence-corrected chi connectivity index (χ4v) is 2.39. The van der Waals surface area contributed by atoms with Gasteiger partial charge in [0.05, 0.1) is 18.4 Å². The summed E-state index contributed by atoms with van der Waals surface area (Å²) in [6.45, 7) is 0.681. The van der Waals surface area contributed by atoms with E-state index in [0.717, 1.165) is 17.7 Å². The Morgan fingerprint density at radius 1 is 1.28 bits per heavy atom. The standard InChI is InChI=1S/C15H14O3/c16-14(12-5-7-17-10-12)9-11-6-8-18-15-4-2-1-3-13(11)15/h1-5,7,10-11H,6,8-9H2. The van der Waals surface area contributed by atoms with Gasteiger partial charge in [0.15, 0.2) is 5.78 Å². The number of ether oxygens (including phenoxy) is 1. The van der Waals surface area contributed by atoms with Crippen molar-refractivity contribution in [1.82, 2.24) is 0 Å². The van der Waals surface area contributed by atoms with Crippen molar-refractivity contribution in [3.63, 3.8) is 0 Å². The summed E-state index contributed by atoms with van der Waals surface area (Å²) in [4.78, 5) is 12.1. The number of fused-ring (bicyclic) bond motifs is 1. The quantitative estimate of drug-likeness (QED) is 0.774. The predicted molar refractivity (Wildman–Crippen MR) is 67.0 cm³/mol. The monoisotopic (exact) mass is 242 g/mol. The molecule has 0 aliphatic carbocycles. The molecule has 0 spiro atoms. The Bertz CT molecular complexity index is 543. The van der Waals surface area contributed by atoms with Gasteiger partial charge in [0.1, 0.15) is 12.0 Å². The molecule has 92 valence electrons. The summed E-state index contributed by atoms with van der Waals surface area (Å²) in [7, 11) is 0. The van der Waals surface area contributed by atoms with Crippen LogP contribution < -0.4 is 4.74 Å². The average Bonchev–Trinajstić information content (AvgIpc) is 2.93. The third-order valence-corrected chi connectivity index (χ3v) is 3.36. The molecule has 18 heavy (non-hydrogen) atoms. The van der Waals surface area contributed by atoms with Crippen LogP contribution in [0.1, 0.15) is 34.7 Å². The van der Waals surface area contributed by atoms with E-state index in [-0.39, 0.29) is 11.7 Å². The summed E-state index contributed by atoms with van der Waals surface area (Å²) in [5.74, 6) is 1.29. The lowest BCUT2D eigenvalue weighted by atomic mass is 9.88. The van der Waals surface area contributed by atoms with Crippen molar-refractivity contribution in [1.29, 1.82) is 0 Å². The SMILES string of the molecule is O=C(CC1CCOc2ccccc21)c1ccoc1. The van der Waals surface area contributed by atoms with E-state index in [1.807, 2.05) is 24.3 Å². The molecule has 0 amide bonds. The first-order valence-electron chi connectivity index (χ1n) is 6.12. The maximum Gasteiger partial charge on any atom is 0.166 e. The summed E-state index contributed by atoms with van der Waals surface area (Å²) in [5, 5.41) is 0. The number of carbonyl (C=O) groups is 1. The summed E-state index contributed by atoms with van der Waals surface area (Å²) >= 11 is 0. The van der Waals surface area contributed by atoms with Crippen LogP contribution in [0, 0.1) is 0 Å². The van der Waals surface area contributed by atoms with Crippen molar-refractivity contribution in [2.75, 3.05) is 6.61 Å². The molecule has 0 N–H and O–H groups in total. The normalized spacial score (nSPS) is 17.9. The molecule has 1 aliphatic heterocycles. The van der Waals surface area contributed by atoms with Crippen LogP contribution in [0.4, 0.5) is 0 Å². The summed E-state index contributed by atoms with van der Waals surface area (Å²) < 4.78 is 10.5. The van der Waals surface area contributed by atoms with Gasteiger partial charge in [0.25, 0.3) is 0 Å². The van der Waals surface area contributed by atoms with Crippen molar-refractivity contribution < 1.29 is 13.9 Å². The summed E-state index contributed by atoms with van der Waals surface area (Å²) in [6, 6.07) is 9.67. The van der Waals surface area contributed by atoms with Crippen molar-refractivity contribution >= 4 is 5.78 Å². The largest absolute Gasteiger partial charge is 0.493 e. The third-order valence-electron chi connectivity index (χ3n) is 3.36. The smallest absolute Gasteiger partial charge is 0.166 e. The lowest BCUT2D eigenvalue weighted by Gasteiger charge is -2.25. The molecule has 2 aromatic rings. The minimum Gasteiger partial charge on any atom is -0.493 e. The minimum absolute atomic E-state index is 0.130. The molecule has 1 unspecified atom stereocenters. The molecule has 0 saturated heterocycles. The number of rotatable bonds is 3. The topological polar surface area (TPSA) is 39.4 Å². The van der Waals surface area contributed by atoms with Crippen LogP contribution in [-0.2, 0) is 0 Å². The maximum absolute atomic E-state index is 12.1. The van der Waals surface area contributed by atoms with Gasteiger partial charge in [-0.25, -0.2) is 0 Å². The third kappa shape index (κ3) is 2.04. The Balaban J connectivity index is 1.80. The molecule has 0 saturated carbocycles. The summed E-state index contributed by atoms with van der Waals surface area (Å²) in [6.07, 6.45) is 4.44. The van der Waals surface area contributed by atoms with E-state index in [9.17, 15) is 4.79 Å². The number of para-hydroxylation sites is 1. The molecule has 0 bridgehead atoms. The van der Waals surface area contributed by atoms with E-state index in [4.69, 9.17) is 9.15 Å². The molecule has 3 nitrogen and oxygen atoms in total. The first-order valence-corrected chi connectivity index (χ1v) is 6.12. The zero-order valence-electron chi connectivity index (χ0n) is 9.96. The number of Topliss-reactive ketones (excluding diaryl/α,β-unsaturated/α-hetero) is 1. The van der Waals surface area contributed by atoms with Crippen molar-refractivity contribution in [2.24, 2.45) is 0 Å². The Morgan fingerprint density at radius 3 is 3.00 bits per heavy atom. The van der Waals surface area contributed by atoms with E-state index in [2.05, 4.69) is 0 Å². The number of benzene rings is 1. The van der Waals surface area contributed by atoms with Crippen LogP contribution >= 0.6 is 0 Å². The van der Waals surface area contributed by atoms with Gasteiger partial charge in [-0.2, -0.15) is 0 Å². The molecular formula is C15H14O3. The van der Waals surface area contributed by atoms with Crippen LogP contribution in [0.25, 0.3) is 0 Å². The highest BCUT2D eigenvalue weighted by atomic mass is 16.5. The van der Waals surface area contributed by atoms with E-state index in [0.29, 0.717) is 18.6 Å². The van der Waals surface area contributed by atoms with Crippen LogP contribution in [-0.4, -0.2) is 12.4 Å². The number of hydrogen-bond donors (Lipinski definition) is 0. The van der Waals surface area contributed by atoms with Gasteiger partial charge < -0.3 is 9.15 Å². The number of ketones is 1. The Morgan fingerprint density at radius 2 is 2.17 bits per heavy atom. The van der Waals surface area contributed by atoms with Gasteiger partial charge in [-0.05, 0) is 30.0 Å². The van der Waals surface area contributed by atoms with Crippen LogP contribution in [0.15, 0.2) is 47.3 Å². The van der Waals surface area contributed by atoms with E-state index in [1.165, 1.54) is 12.5 Å². The Kier molecular flexibility index (Phi) is 2.89. The van der Waals surface area contributed by atoms with E-state index in [1.54, 1.807) is 6.07 Å². The highest BCUT2D eigenvalue weighted by Gasteiger charge is 2.24. The van der Waals surface area contributed by atoms with Crippen molar-refractivity contribution in [3.8, 4) is 5.75 Å². The molecule has 0 radical (unpaired) electrons. The van der Waals surface area contributed by atoms with Gasteiger partial charge in [-0.1, -0.05) is 18.2 Å². The van der Waals surface area contributed by atoms with E-state index < -0.39 is 0 Å². The van der Waals surface area contributed by atoms with Crippen molar-refractivity contribution in [2.45, 2.75) is 18.8 Å². The van der Waals surface area contributed by atoms with Gasteiger partial charge in [0, 0.05) is 6.42 Å². The number of carbonyl (C=O) groups excluding carboxylic acids is 1. The van der Waals surface area contributed by atoms with Crippen LogP contribution in [0.3, 0.4) is 0 Å². The Hall–Kier alpha value is -2.03. The predicted octanol–water partition coefficient (Wildman–Crippen LogP) is 3.42. The number of furan rings is 1. The maximum atomic E-state index is 12.1. The van der Waals surface area contributed by atoms with Gasteiger partial charge in [-0.3, -0.25) is 4.79 Å². The highest BCUT2D eigenvalue weighted by Crippen LogP contribution is 2.36. The lowest BCUT2D eigenvalue weighted by molar-refractivity contribution is 0.0965. The van der Waals surface area contributed by atoms with Gasteiger partial charge in [0.2, 0.25) is 0 Å². The number of hydrogen-bond acceptors (Lipinski definition) is 3. The fraction of sp³-hybridized carbons (Fsp3) is 0.267. The Labute approximate surface area is 105 Å². The molecular weight excluding hydrogens is 228 g/mol. The molecule has 3 rings (SSSR count). The fourth-order valence-electron chi connectivity index (χ4n) is 2.39. The van der Waals surface area contributed by atoms with E-state index >= 15 is 0 Å². The van der Waals surface area contributed by atoms with Gasteiger partial charge >= 0.3 is 0 Å². The second-order valence-corrected chi connectivity index (χ2v) is 4.51. The second kappa shape index (κ2) is 4.69. The summed E-state index contributed by atoms with van der Waals surface area (Å²) in [5.41, 5.74) is 1.79. The molecule has 1 atom stereocenters. The molecule has 0 fully saturated rings. The highest BCUT2D eigenvalue weighted by molar-refractivity contribution is 5.96. The first-order chi connectivity index (χ1) is 8.84. The zero-order chi connectivity index (χ0) is 12.4. The van der Waals surface area contributed by atoms with Crippen molar-refractivity contribution in [3.05, 3.63) is 54.0 Å². The molecule has 1 aliphatic rings. The molecule has 1 aromatic carbocycles. The average molecular weight is 242 g/mol. The zero-order valence-corrected chi connectivity index (χ0v) is 9.96. The minimum atomic E-state index is 0.130. The van der Waals surface area contributed by atoms with Crippen LogP contribution in [0.5, 0.6) is 5.75 Å². The second-order valence-electron chi connectivity index (χ2n) is 4.51. The first kappa shape index (κ1) is 11.1.